The molecule has 0 bridgehead atoms. The highest BCUT2D eigenvalue weighted by Gasteiger charge is 2.37. The summed E-state index contributed by atoms with van der Waals surface area (Å²) < 4.78 is 20.8. The van der Waals surface area contributed by atoms with Gasteiger partial charge in [-0.15, -0.1) is 0 Å². The van der Waals surface area contributed by atoms with Crippen molar-refractivity contribution in [2.45, 2.75) is 13.8 Å². The molecule has 1 amide bonds. The van der Waals surface area contributed by atoms with Crippen LogP contribution in [0.5, 0.6) is 11.5 Å². The number of methoxy groups -OCH3 is 3. The zero-order valence-corrected chi connectivity index (χ0v) is 16.3. The molecule has 7 nitrogen and oxygen atoms in total. The van der Waals surface area contributed by atoms with E-state index >= 15 is 0 Å². The first-order valence-corrected chi connectivity index (χ1v) is 8.61. The zero-order valence-electron chi connectivity index (χ0n) is 16.3. The van der Waals surface area contributed by atoms with Crippen LogP contribution in [0, 0.1) is 0 Å². The number of rotatable bonds is 8. The van der Waals surface area contributed by atoms with E-state index in [1.807, 2.05) is 0 Å². The predicted molar refractivity (Wildman–Crippen MR) is 100 cm³/mol. The predicted octanol–water partition coefficient (Wildman–Crippen LogP) is 2.41. The molecule has 0 atom stereocenters. The minimum absolute atomic E-state index is 0.223. The quantitative estimate of drug-likeness (QED) is 0.513. The molecule has 1 heterocycles. The van der Waals surface area contributed by atoms with Gasteiger partial charge in [0.2, 0.25) is 0 Å². The second kappa shape index (κ2) is 9.23. The highest BCUT2D eigenvalue weighted by atomic mass is 16.5. The van der Waals surface area contributed by atoms with Crippen LogP contribution in [0.1, 0.15) is 19.4 Å². The summed E-state index contributed by atoms with van der Waals surface area (Å²) in [6, 6.07) is 5.25. The lowest BCUT2D eigenvalue weighted by Crippen LogP contribution is -2.28. The second-order valence-corrected chi connectivity index (χ2v) is 5.80. The van der Waals surface area contributed by atoms with Crippen molar-refractivity contribution in [3.05, 3.63) is 40.6 Å². The maximum atomic E-state index is 13.0. The molecule has 0 radical (unpaired) electrons. The number of nitrogens with zero attached hydrogens (tertiary/aromatic N) is 1. The molecular formula is C20H25NO6. The van der Waals surface area contributed by atoms with E-state index in [9.17, 15) is 9.59 Å². The molecule has 0 fully saturated rings. The molecule has 1 aliphatic rings. The lowest BCUT2D eigenvalue weighted by Gasteiger charge is -2.17. The number of ether oxygens (including phenoxy) is 4. The van der Waals surface area contributed by atoms with Gasteiger partial charge in [0.1, 0.15) is 11.5 Å². The van der Waals surface area contributed by atoms with E-state index in [0.29, 0.717) is 35.9 Å². The van der Waals surface area contributed by atoms with E-state index in [1.54, 1.807) is 52.3 Å². The molecule has 27 heavy (non-hydrogen) atoms. The fraction of sp³-hybridized carbons (Fsp3) is 0.400. The van der Waals surface area contributed by atoms with Gasteiger partial charge >= 0.3 is 5.97 Å². The minimum atomic E-state index is -0.526. The molecule has 1 aromatic carbocycles. The van der Waals surface area contributed by atoms with Gasteiger partial charge in [-0.25, -0.2) is 4.79 Å². The summed E-state index contributed by atoms with van der Waals surface area (Å²) in [5.41, 5.74) is 1.74. The van der Waals surface area contributed by atoms with Crippen LogP contribution in [0.25, 0.3) is 6.08 Å². The van der Waals surface area contributed by atoms with Gasteiger partial charge in [0.05, 0.1) is 38.6 Å². The first-order chi connectivity index (χ1) is 13.0. The lowest BCUT2D eigenvalue weighted by atomic mass is 10.0. The normalized spacial score (nSPS) is 15.5. The van der Waals surface area contributed by atoms with Crippen molar-refractivity contribution in [2.24, 2.45) is 0 Å². The van der Waals surface area contributed by atoms with Crippen molar-refractivity contribution < 1.29 is 28.5 Å². The molecule has 146 valence electrons. The maximum Gasteiger partial charge on any atom is 0.340 e. The van der Waals surface area contributed by atoms with E-state index in [2.05, 4.69) is 0 Å². The zero-order chi connectivity index (χ0) is 20.0. The summed E-state index contributed by atoms with van der Waals surface area (Å²) in [7, 11) is 4.66. The molecule has 0 aromatic heterocycles. The Labute approximate surface area is 159 Å². The number of hydrogen-bond acceptors (Lipinski definition) is 6. The van der Waals surface area contributed by atoms with Gasteiger partial charge in [0, 0.05) is 31.0 Å². The summed E-state index contributed by atoms with van der Waals surface area (Å²) in [6.07, 6.45) is 1.64. The van der Waals surface area contributed by atoms with Gasteiger partial charge in [-0.3, -0.25) is 4.79 Å². The van der Waals surface area contributed by atoms with Crippen LogP contribution in [0.4, 0.5) is 0 Å². The fourth-order valence-corrected chi connectivity index (χ4v) is 2.87. The number of benzene rings is 1. The monoisotopic (exact) mass is 375 g/mol. The summed E-state index contributed by atoms with van der Waals surface area (Å²) in [4.78, 5) is 27.0. The average Bonchev–Trinajstić information content (AvgIpc) is 2.90. The van der Waals surface area contributed by atoms with Crippen LogP contribution in [-0.2, 0) is 19.1 Å². The third kappa shape index (κ3) is 4.31. The van der Waals surface area contributed by atoms with E-state index in [4.69, 9.17) is 18.9 Å². The standard InChI is InChI=1S/C20H25NO6/c1-6-27-20(23)18-13(2)21(9-10-24-3)19(22)16(18)11-14-7-8-15(25-4)12-17(14)26-5/h7-8,11-12H,6,9-10H2,1-5H3/b16-11-. The van der Waals surface area contributed by atoms with Gasteiger partial charge in [-0.05, 0) is 32.1 Å². The first kappa shape index (κ1) is 20.5. The van der Waals surface area contributed by atoms with E-state index in [1.165, 1.54) is 12.0 Å². The molecule has 0 aliphatic carbocycles. The number of allylic oxidation sites excluding steroid dienone is 1. The van der Waals surface area contributed by atoms with Crippen LogP contribution in [0.15, 0.2) is 35.0 Å². The van der Waals surface area contributed by atoms with Gasteiger partial charge < -0.3 is 23.8 Å². The highest BCUT2D eigenvalue weighted by molar-refractivity contribution is 6.16. The largest absolute Gasteiger partial charge is 0.497 e. The second-order valence-electron chi connectivity index (χ2n) is 5.80. The van der Waals surface area contributed by atoms with Crippen molar-refractivity contribution in [3.63, 3.8) is 0 Å². The van der Waals surface area contributed by atoms with Gasteiger partial charge in [0.25, 0.3) is 5.91 Å². The Morgan fingerprint density at radius 2 is 1.93 bits per heavy atom. The third-order valence-corrected chi connectivity index (χ3v) is 4.25. The Hall–Kier alpha value is -2.80. The smallest absolute Gasteiger partial charge is 0.340 e. The molecule has 7 heteroatoms. The number of carbonyl (C=O) groups is 2. The summed E-state index contributed by atoms with van der Waals surface area (Å²) in [6.45, 7) is 4.38. The summed E-state index contributed by atoms with van der Waals surface area (Å²) in [5.74, 6) is 0.365. The molecule has 1 aliphatic heterocycles. The van der Waals surface area contributed by atoms with Crippen LogP contribution in [0.3, 0.4) is 0 Å². The van der Waals surface area contributed by atoms with Crippen molar-refractivity contribution in [2.75, 3.05) is 41.1 Å². The number of esters is 1. The minimum Gasteiger partial charge on any atom is -0.497 e. The van der Waals surface area contributed by atoms with E-state index in [-0.39, 0.29) is 23.7 Å². The van der Waals surface area contributed by atoms with Crippen LogP contribution < -0.4 is 9.47 Å². The fourth-order valence-electron chi connectivity index (χ4n) is 2.87. The van der Waals surface area contributed by atoms with Crippen molar-refractivity contribution in [1.29, 1.82) is 0 Å². The van der Waals surface area contributed by atoms with Crippen LogP contribution in [-0.4, -0.2) is 57.9 Å². The van der Waals surface area contributed by atoms with Crippen molar-refractivity contribution >= 4 is 18.0 Å². The SMILES string of the molecule is CCOC(=O)C1=C(C)N(CCOC)C(=O)/C1=C\c1ccc(OC)cc1OC. The molecule has 0 N–H and O–H groups in total. The van der Waals surface area contributed by atoms with Crippen molar-refractivity contribution in [3.8, 4) is 11.5 Å². The van der Waals surface area contributed by atoms with Crippen LogP contribution in [0.2, 0.25) is 0 Å². The summed E-state index contributed by atoms with van der Waals surface area (Å²) in [5, 5.41) is 0. The Morgan fingerprint density at radius 1 is 1.19 bits per heavy atom. The highest BCUT2D eigenvalue weighted by Crippen LogP contribution is 2.34. The Kier molecular flexibility index (Phi) is 7.01. The number of hydrogen-bond donors (Lipinski definition) is 0. The number of amides is 1. The average molecular weight is 375 g/mol. The summed E-state index contributed by atoms with van der Waals surface area (Å²) >= 11 is 0. The molecular weight excluding hydrogens is 350 g/mol. The molecule has 0 saturated heterocycles. The first-order valence-electron chi connectivity index (χ1n) is 8.61. The van der Waals surface area contributed by atoms with Gasteiger partial charge in [0.15, 0.2) is 0 Å². The van der Waals surface area contributed by atoms with Gasteiger partial charge in [-0.1, -0.05) is 0 Å². The molecule has 1 aromatic rings. The number of carbonyl (C=O) groups excluding carboxylic acids is 2. The molecule has 0 saturated carbocycles. The lowest BCUT2D eigenvalue weighted by molar-refractivity contribution is -0.138. The van der Waals surface area contributed by atoms with Gasteiger partial charge in [-0.2, -0.15) is 0 Å². The van der Waals surface area contributed by atoms with E-state index < -0.39 is 5.97 Å². The molecule has 0 spiro atoms. The molecule has 2 rings (SSSR count). The topological polar surface area (TPSA) is 74.3 Å². The maximum absolute atomic E-state index is 13.0. The Balaban J connectivity index is 2.53. The van der Waals surface area contributed by atoms with Crippen molar-refractivity contribution in [1.82, 2.24) is 4.90 Å². The molecule has 0 unspecified atom stereocenters. The van der Waals surface area contributed by atoms with Crippen LogP contribution >= 0.6 is 0 Å². The third-order valence-electron chi connectivity index (χ3n) is 4.25. The Morgan fingerprint density at radius 3 is 2.52 bits per heavy atom. The Bertz CT molecular complexity index is 781. The van der Waals surface area contributed by atoms with E-state index in [0.717, 1.165) is 0 Å².